The Kier molecular flexibility index (Phi) is 12.2. The van der Waals surface area contributed by atoms with Crippen LogP contribution in [0.25, 0.3) is 0 Å². The summed E-state index contributed by atoms with van der Waals surface area (Å²) in [7, 11) is 0. The van der Waals surface area contributed by atoms with E-state index in [1.165, 1.54) is 0 Å². The Morgan fingerprint density at radius 2 is 2.19 bits per heavy atom. The van der Waals surface area contributed by atoms with Crippen LogP contribution < -0.4 is 10.6 Å². The molecule has 2 atom stereocenters. The number of likely N-dealkylation sites (tertiary alicyclic amines) is 1. The molecule has 7 nitrogen and oxygen atoms in total. The van der Waals surface area contributed by atoms with Gasteiger partial charge in [-0.3, -0.25) is 9.79 Å². The van der Waals surface area contributed by atoms with Crippen LogP contribution in [-0.2, 0) is 14.3 Å². The quantitative estimate of drug-likeness (QED) is 0.226. The molecule has 2 N–H and O–H groups in total. The molecule has 8 heteroatoms. The second kappa shape index (κ2) is 13.5. The first-order valence-corrected chi connectivity index (χ1v) is 9.71. The molecule has 2 saturated heterocycles. The largest absolute Gasteiger partial charge is 0.381 e. The number of hydrogen-bond donors (Lipinski definition) is 2. The van der Waals surface area contributed by atoms with Crippen LogP contribution >= 0.6 is 24.0 Å². The standard InChI is InChI=1S/C18H34N4O3.HI/c1-3-17(23)22-9-6-16(12-22)21-18(19-4-2)20-8-5-10-24-13-15-7-11-25-14-15;/h15-16H,3-14H2,1-2H3,(H2,19,20,21);1H. The van der Waals surface area contributed by atoms with Gasteiger partial charge in [-0.2, -0.15) is 0 Å². The lowest BCUT2D eigenvalue weighted by Gasteiger charge is -2.18. The number of nitrogens with zero attached hydrogens (tertiary/aromatic N) is 2. The third kappa shape index (κ3) is 8.39. The average molecular weight is 482 g/mol. The van der Waals surface area contributed by atoms with E-state index in [4.69, 9.17) is 9.47 Å². The Balaban J connectivity index is 0.00000338. The highest BCUT2D eigenvalue weighted by molar-refractivity contribution is 14.0. The van der Waals surface area contributed by atoms with Gasteiger partial charge in [0.1, 0.15) is 0 Å². The van der Waals surface area contributed by atoms with Crippen molar-refractivity contribution in [2.75, 3.05) is 52.6 Å². The van der Waals surface area contributed by atoms with Crippen LogP contribution in [0.15, 0.2) is 4.99 Å². The van der Waals surface area contributed by atoms with Gasteiger partial charge >= 0.3 is 0 Å². The molecule has 2 rings (SSSR count). The Bertz CT molecular complexity index is 431. The van der Waals surface area contributed by atoms with Crippen LogP contribution in [-0.4, -0.2) is 75.4 Å². The van der Waals surface area contributed by atoms with Gasteiger partial charge in [0.15, 0.2) is 5.96 Å². The second-order valence-electron chi connectivity index (χ2n) is 6.74. The Morgan fingerprint density at radius 3 is 2.88 bits per heavy atom. The molecule has 2 fully saturated rings. The second-order valence-corrected chi connectivity index (χ2v) is 6.74. The van der Waals surface area contributed by atoms with Gasteiger partial charge in [-0.1, -0.05) is 6.92 Å². The zero-order valence-corrected chi connectivity index (χ0v) is 18.5. The molecule has 0 radical (unpaired) electrons. The summed E-state index contributed by atoms with van der Waals surface area (Å²) in [5.74, 6) is 1.64. The van der Waals surface area contributed by atoms with Crippen LogP contribution in [0.4, 0.5) is 0 Å². The lowest BCUT2D eigenvalue weighted by Crippen LogP contribution is -2.45. The van der Waals surface area contributed by atoms with Crippen molar-refractivity contribution in [2.45, 2.75) is 45.6 Å². The number of guanidine groups is 1. The Morgan fingerprint density at radius 1 is 1.35 bits per heavy atom. The number of aliphatic imine (C=N–C) groups is 1. The fourth-order valence-electron chi connectivity index (χ4n) is 3.16. The first-order chi connectivity index (χ1) is 12.2. The lowest BCUT2D eigenvalue weighted by molar-refractivity contribution is -0.129. The third-order valence-electron chi connectivity index (χ3n) is 4.62. The highest BCUT2D eigenvalue weighted by atomic mass is 127. The monoisotopic (exact) mass is 482 g/mol. The predicted octanol–water partition coefficient (Wildman–Crippen LogP) is 1.61. The topological polar surface area (TPSA) is 75.2 Å². The molecular formula is C18H35IN4O3. The minimum Gasteiger partial charge on any atom is -0.381 e. The number of rotatable bonds is 9. The highest BCUT2D eigenvalue weighted by Crippen LogP contribution is 2.12. The van der Waals surface area contributed by atoms with Crippen LogP contribution in [0.3, 0.4) is 0 Å². The maximum atomic E-state index is 11.8. The van der Waals surface area contributed by atoms with Crippen LogP contribution in [0.1, 0.15) is 39.5 Å². The van der Waals surface area contributed by atoms with E-state index in [-0.39, 0.29) is 35.9 Å². The number of amides is 1. The molecule has 2 aliphatic rings. The molecule has 2 heterocycles. The van der Waals surface area contributed by atoms with E-state index in [0.29, 0.717) is 12.3 Å². The fourth-order valence-corrected chi connectivity index (χ4v) is 3.16. The lowest BCUT2D eigenvalue weighted by atomic mass is 10.1. The van der Waals surface area contributed by atoms with Crippen molar-refractivity contribution in [3.63, 3.8) is 0 Å². The summed E-state index contributed by atoms with van der Waals surface area (Å²) in [5, 5.41) is 6.73. The number of carbonyl (C=O) groups is 1. The summed E-state index contributed by atoms with van der Waals surface area (Å²) in [5.41, 5.74) is 0. The maximum Gasteiger partial charge on any atom is 0.222 e. The van der Waals surface area contributed by atoms with Crippen molar-refractivity contribution < 1.29 is 14.3 Å². The number of hydrogen-bond acceptors (Lipinski definition) is 4. The smallest absolute Gasteiger partial charge is 0.222 e. The number of ether oxygens (including phenoxy) is 2. The minimum absolute atomic E-state index is 0. The zero-order chi connectivity index (χ0) is 17.9. The molecule has 0 saturated carbocycles. The summed E-state index contributed by atoms with van der Waals surface area (Å²) >= 11 is 0. The fraction of sp³-hybridized carbons (Fsp3) is 0.889. The molecule has 2 aliphatic heterocycles. The van der Waals surface area contributed by atoms with Crippen LogP contribution in [0.2, 0.25) is 0 Å². The van der Waals surface area contributed by atoms with Gasteiger partial charge in [-0.15, -0.1) is 24.0 Å². The SMILES string of the molecule is CCNC(=NCCCOCC1CCOC1)NC1CCN(C(=O)CC)C1.I. The molecule has 26 heavy (non-hydrogen) atoms. The van der Waals surface area contributed by atoms with Crippen molar-refractivity contribution >= 4 is 35.8 Å². The van der Waals surface area contributed by atoms with E-state index in [9.17, 15) is 4.79 Å². The third-order valence-corrected chi connectivity index (χ3v) is 4.62. The summed E-state index contributed by atoms with van der Waals surface area (Å²) < 4.78 is 11.1. The summed E-state index contributed by atoms with van der Waals surface area (Å²) in [6.07, 6.45) is 3.58. The Hall–Kier alpha value is -0.610. The van der Waals surface area contributed by atoms with Crippen molar-refractivity contribution in [2.24, 2.45) is 10.9 Å². The van der Waals surface area contributed by atoms with E-state index in [2.05, 4.69) is 22.5 Å². The van der Waals surface area contributed by atoms with Gasteiger partial charge in [0.25, 0.3) is 0 Å². The number of carbonyl (C=O) groups excluding carboxylic acids is 1. The van der Waals surface area contributed by atoms with E-state index in [0.717, 1.165) is 77.8 Å². The molecule has 2 unspecified atom stereocenters. The van der Waals surface area contributed by atoms with Gasteiger partial charge in [0.2, 0.25) is 5.91 Å². The summed E-state index contributed by atoms with van der Waals surface area (Å²) in [6.45, 7) is 10.4. The van der Waals surface area contributed by atoms with Crippen molar-refractivity contribution in [1.82, 2.24) is 15.5 Å². The first-order valence-electron chi connectivity index (χ1n) is 9.71. The van der Waals surface area contributed by atoms with Crippen molar-refractivity contribution in [3.8, 4) is 0 Å². The number of halogens is 1. The van der Waals surface area contributed by atoms with Gasteiger partial charge in [-0.25, -0.2) is 0 Å². The normalized spacial score (nSPS) is 23.0. The van der Waals surface area contributed by atoms with Crippen molar-refractivity contribution in [3.05, 3.63) is 0 Å². The van der Waals surface area contributed by atoms with E-state index >= 15 is 0 Å². The zero-order valence-electron chi connectivity index (χ0n) is 16.2. The van der Waals surface area contributed by atoms with E-state index < -0.39 is 0 Å². The maximum absolute atomic E-state index is 11.8. The molecule has 152 valence electrons. The number of nitrogens with one attached hydrogen (secondary N) is 2. The van der Waals surface area contributed by atoms with Crippen LogP contribution in [0, 0.1) is 5.92 Å². The van der Waals surface area contributed by atoms with Crippen molar-refractivity contribution in [1.29, 1.82) is 0 Å². The van der Waals surface area contributed by atoms with E-state index in [1.807, 2.05) is 11.8 Å². The summed E-state index contributed by atoms with van der Waals surface area (Å²) in [6, 6.07) is 0.284. The van der Waals surface area contributed by atoms with Crippen LogP contribution in [0.5, 0.6) is 0 Å². The molecule has 0 aromatic rings. The molecule has 0 aliphatic carbocycles. The van der Waals surface area contributed by atoms with Gasteiger partial charge in [0, 0.05) is 57.8 Å². The average Bonchev–Trinajstić information content (AvgIpc) is 3.29. The predicted molar refractivity (Wildman–Crippen MR) is 114 cm³/mol. The summed E-state index contributed by atoms with van der Waals surface area (Å²) in [4.78, 5) is 18.3. The molecular weight excluding hydrogens is 447 g/mol. The Labute approximate surface area is 174 Å². The first kappa shape index (κ1) is 23.4. The highest BCUT2D eigenvalue weighted by Gasteiger charge is 2.25. The molecule has 0 bridgehead atoms. The molecule has 0 aromatic heterocycles. The van der Waals surface area contributed by atoms with Gasteiger partial charge < -0.3 is 25.0 Å². The minimum atomic E-state index is 0. The van der Waals surface area contributed by atoms with Gasteiger partial charge in [0.05, 0.1) is 13.2 Å². The molecule has 0 spiro atoms. The molecule has 1 amide bonds. The van der Waals surface area contributed by atoms with E-state index in [1.54, 1.807) is 0 Å². The van der Waals surface area contributed by atoms with Gasteiger partial charge in [-0.05, 0) is 26.2 Å². The molecule has 0 aromatic carbocycles.